The van der Waals surface area contributed by atoms with Gasteiger partial charge in [0.25, 0.3) is 5.91 Å². The van der Waals surface area contributed by atoms with Crippen molar-refractivity contribution in [2.75, 3.05) is 18.2 Å². The van der Waals surface area contributed by atoms with Crippen molar-refractivity contribution >= 4 is 23.3 Å². The fraction of sp³-hybridized carbons (Fsp3) is 0.263. The molecule has 0 aliphatic carbocycles. The van der Waals surface area contributed by atoms with Crippen LogP contribution in [0.4, 0.5) is 11.4 Å². The summed E-state index contributed by atoms with van der Waals surface area (Å²) in [6, 6.07) is 10.5. The third-order valence-electron chi connectivity index (χ3n) is 3.81. The highest BCUT2D eigenvalue weighted by Gasteiger charge is 2.21. The van der Waals surface area contributed by atoms with E-state index in [-0.39, 0.29) is 5.56 Å². The first kappa shape index (κ1) is 18.3. The molecule has 0 fully saturated rings. The Bertz CT molecular complexity index is 802. The number of rotatable bonds is 5. The van der Waals surface area contributed by atoms with Gasteiger partial charge in [0.15, 0.2) is 6.10 Å². The van der Waals surface area contributed by atoms with E-state index in [9.17, 15) is 9.59 Å². The fourth-order valence-electron chi connectivity index (χ4n) is 2.29. The van der Waals surface area contributed by atoms with Crippen LogP contribution in [0.3, 0.4) is 0 Å². The van der Waals surface area contributed by atoms with E-state index < -0.39 is 18.0 Å². The number of carbonyl (C=O) groups excluding carboxylic acids is 2. The van der Waals surface area contributed by atoms with Gasteiger partial charge in [-0.25, -0.2) is 4.79 Å². The van der Waals surface area contributed by atoms with Crippen molar-refractivity contribution in [2.24, 2.45) is 0 Å². The second kappa shape index (κ2) is 7.70. The van der Waals surface area contributed by atoms with Crippen LogP contribution >= 0.6 is 0 Å². The number of esters is 1. The zero-order valence-electron chi connectivity index (χ0n) is 14.8. The van der Waals surface area contributed by atoms with Gasteiger partial charge in [0, 0.05) is 5.69 Å². The molecular weight excluding hydrogens is 320 g/mol. The highest BCUT2D eigenvalue weighted by atomic mass is 16.5. The Morgan fingerprint density at radius 3 is 2.56 bits per heavy atom. The number of nitrogens with one attached hydrogen (secondary N) is 1. The molecular formula is C19H22N2O4. The quantitative estimate of drug-likeness (QED) is 0.644. The summed E-state index contributed by atoms with van der Waals surface area (Å²) >= 11 is 0. The van der Waals surface area contributed by atoms with Gasteiger partial charge in [-0.3, -0.25) is 4.79 Å². The maximum atomic E-state index is 12.3. The molecule has 0 radical (unpaired) electrons. The number of hydrogen-bond acceptors (Lipinski definition) is 5. The number of methoxy groups -OCH3 is 1. The molecule has 0 saturated heterocycles. The lowest BCUT2D eigenvalue weighted by molar-refractivity contribution is -0.123. The number of carbonyl (C=O) groups is 2. The average molecular weight is 342 g/mol. The third-order valence-corrected chi connectivity index (χ3v) is 3.81. The molecule has 2 rings (SSSR count). The molecule has 2 aromatic rings. The van der Waals surface area contributed by atoms with Gasteiger partial charge in [-0.15, -0.1) is 0 Å². The molecule has 0 aliphatic heterocycles. The zero-order valence-corrected chi connectivity index (χ0v) is 14.8. The van der Waals surface area contributed by atoms with E-state index in [2.05, 4.69) is 5.32 Å². The van der Waals surface area contributed by atoms with Crippen LogP contribution in [-0.4, -0.2) is 25.1 Å². The minimum absolute atomic E-state index is 0.243. The molecule has 1 amide bonds. The highest BCUT2D eigenvalue weighted by Crippen LogP contribution is 2.25. The first-order valence-corrected chi connectivity index (χ1v) is 7.85. The van der Waals surface area contributed by atoms with E-state index in [1.54, 1.807) is 37.3 Å². The minimum atomic E-state index is -0.988. The van der Waals surface area contributed by atoms with Gasteiger partial charge in [-0.2, -0.15) is 0 Å². The Kier molecular flexibility index (Phi) is 5.64. The van der Waals surface area contributed by atoms with Crippen LogP contribution < -0.4 is 15.8 Å². The molecule has 2 aromatic carbocycles. The monoisotopic (exact) mass is 342 g/mol. The minimum Gasteiger partial charge on any atom is -0.495 e. The third kappa shape index (κ3) is 4.29. The van der Waals surface area contributed by atoms with Crippen LogP contribution in [0.2, 0.25) is 0 Å². The molecule has 25 heavy (non-hydrogen) atoms. The number of hydrogen-bond donors (Lipinski definition) is 2. The van der Waals surface area contributed by atoms with Crippen molar-refractivity contribution in [1.29, 1.82) is 0 Å². The maximum Gasteiger partial charge on any atom is 0.341 e. The second-order valence-corrected chi connectivity index (χ2v) is 5.78. The van der Waals surface area contributed by atoms with Gasteiger partial charge in [0.2, 0.25) is 0 Å². The van der Waals surface area contributed by atoms with Crippen LogP contribution in [0, 0.1) is 13.8 Å². The molecule has 0 bridgehead atoms. The lowest BCUT2D eigenvalue weighted by Gasteiger charge is -2.16. The summed E-state index contributed by atoms with van der Waals surface area (Å²) in [6.07, 6.45) is -0.988. The standard InChI is InChI=1S/C19H22N2O4/c1-11-8-9-16(24-4)15(10-11)21-18(22)13(3)25-19(23)14-7-5-6-12(2)17(14)20/h5-10,13H,20H2,1-4H3,(H,21,22)/t13-/m1/s1. The zero-order chi connectivity index (χ0) is 18.6. The van der Waals surface area contributed by atoms with Gasteiger partial charge in [0.05, 0.1) is 18.4 Å². The number of benzene rings is 2. The number of aryl methyl sites for hydroxylation is 2. The van der Waals surface area contributed by atoms with E-state index in [1.807, 2.05) is 13.0 Å². The molecule has 1 atom stereocenters. The summed E-state index contributed by atoms with van der Waals surface area (Å²) in [7, 11) is 1.52. The lowest BCUT2D eigenvalue weighted by Crippen LogP contribution is -2.30. The number of nitrogens with two attached hydrogens (primary N) is 1. The Morgan fingerprint density at radius 2 is 1.88 bits per heavy atom. The molecule has 0 aliphatic rings. The Hall–Kier alpha value is -3.02. The summed E-state index contributed by atoms with van der Waals surface area (Å²) in [4.78, 5) is 24.6. The van der Waals surface area contributed by atoms with Gasteiger partial charge in [-0.05, 0) is 50.1 Å². The predicted molar refractivity (Wildman–Crippen MR) is 96.8 cm³/mol. The van der Waals surface area contributed by atoms with Gasteiger partial charge >= 0.3 is 5.97 Å². The van der Waals surface area contributed by atoms with Crippen LogP contribution in [0.15, 0.2) is 36.4 Å². The first-order valence-electron chi connectivity index (χ1n) is 7.85. The van der Waals surface area contributed by atoms with E-state index in [1.165, 1.54) is 14.0 Å². The first-order chi connectivity index (χ1) is 11.8. The van der Waals surface area contributed by atoms with Crippen molar-refractivity contribution in [1.82, 2.24) is 0 Å². The molecule has 0 heterocycles. The number of anilines is 2. The smallest absolute Gasteiger partial charge is 0.341 e. The molecule has 6 heteroatoms. The predicted octanol–water partition coefficient (Wildman–Crippen LogP) is 3.08. The number of nitrogen functional groups attached to an aromatic ring is 1. The molecule has 132 valence electrons. The molecule has 3 N–H and O–H groups in total. The fourth-order valence-corrected chi connectivity index (χ4v) is 2.29. The summed E-state index contributed by atoms with van der Waals surface area (Å²) in [5.74, 6) is -0.566. The molecule has 0 saturated carbocycles. The van der Waals surface area contributed by atoms with E-state index in [4.69, 9.17) is 15.2 Å². The summed E-state index contributed by atoms with van der Waals surface area (Å²) in [5.41, 5.74) is 8.75. The molecule has 6 nitrogen and oxygen atoms in total. The second-order valence-electron chi connectivity index (χ2n) is 5.78. The lowest BCUT2D eigenvalue weighted by atomic mass is 10.1. The molecule has 0 unspecified atom stereocenters. The summed E-state index contributed by atoms with van der Waals surface area (Å²) < 4.78 is 10.5. The summed E-state index contributed by atoms with van der Waals surface area (Å²) in [5, 5.41) is 2.71. The number of ether oxygens (including phenoxy) is 2. The Morgan fingerprint density at radius 1 is 1.16 bits per heavy atom. The van der Waals surface area contributed by atoms with Crippen molar-refractivity contribution in [3.63, 3.8) is 0 Å². The van der Waals surface area contributed by atoms with E-state index in [0.29, 0.717) is 17.1 Å². The van der Waals surface area contributed by atoms with E-state index in [0.717, 1.165) is 11.1 Å². The van der Waals surface area contributed by atoms with Crippen molar-refractivity contribution in [2.45, 2.75) is 26.9 Å². The molecule has 0 aromatic heterocycles. The van der Waals surface area contributed by atoms with Crippen LogP contribution in [0.5, 0.6) is 5.75 Å². The number of amides is 1. The van der Waals surface area contributed by atoms with Crippen LogP contribution in [0.25, 0.3) is 0 Å². The van der Waals surface area contributed by atoms with Gasteiger partial charge < -0.3 is 20.5 Å². The van der Waals surface area contributed by atoms with Gasteiger partial charge in [0.1, 0.15) is 5.75 Å². The van der Waals surface area contributed by atoms with Crippen molar-refractivity contribution in [3.8, 4) is 5.75 Å². The van der Waals surface area contributed by atoms with Gasteiger partial charge in [-0.1, -0.05) is 18.2 Å². The average Bonchev–Trinajstić information content (AvgIpc) is 2.57. The van der Waals surface area contributed by atoms with Crippen LogP contribution in [-0.2, 0) is 9.53 Å². The van der Waals surface area contributed by atoms with Crippen molar-refractivity contribution < 1.29 is 19.1 Å². The topological polar surface area (TPSA) is 90.6 Å². The Balaban J connectivity index is 2.09. The largest absolute Gasteiger partial charge is 0.495 e. The summed E-state index contributed by atoms with van der Waals surface area (Å²) in [6.45, 7) is 5.20. The normalized spacial score (nSPS) is 11.5. The SMILES string of the molecule is COc1ccc(C)cc1NC(=O)[C@@H](C)OC(=O)c1cccc(C)c1N. The van der Waals surface area contributed by atoms with Crippen LogP contribution in [0.1, 0.15) is 28.4 Å². The molecule has 0 spiro atoms. The number of para-hydroxylation sites is 1. The Labute approximate surface area is 146 Å². The van der Waals surface area contributed by atoms with E-state index >= 15 is 0 Å². The highest BCUT2D eigenvalue weighted by molar-refractivity contribution is 6.00. The maximum absolute atomic E-state index is 12.3. The van der Waals surface area contributed by atoms with Crippen molar-refractivity contribution in [3.05, 3.63) is 53.1 Å².